The molecule has 0 saturated heterocycles. The Morgan fingerprint density at radius 3 is 2.54 bits per heavy atom. The molecule has 5 heteroatoms. The molecular weight excluding hydrogens is 344 g/mol. The number of carbonyl (C=O) groups excluding carboxylic acids is 2. The van der Waals surface area contributed by atoms with Crippen molar-refractivity contribution in [3.8, 4) is 0 Å². The average molecular weight is 383 g/mol. The third kappa shape index (κ3) is 5.19. The monoisotopic (exact) mass is 382 g/mol. The van der Waals surface area contributed by atoms with Crippen molar-refractivity contribution in [3.63, 3.8) is 0 Å². The van der Waals surface area contributed by atoms with Crippen molar-refractivity contribution in [2.24, 2.45) is 29.1 Å². The van der Waals surface area contributed by atoms with Gasteiger partial charge in [-0.05, 0) is 74.9 Å². The van der Waals surface area contributed by atoms with E-state index in [0.717, 1.165) is 12.7 Å². The predicted molar refractivity (Wildman–Crippen MR) is 106 cm³/mol. The Bertz CT molecular complexity index is 501. The summed E-state index contributed by atoms with van der Waals surface area (Å²) in [5.41, 5.74) is 0.316. The number of rotatable bonds is 8. The summed E-state index contributed by atoms with van der Waals surface area (Å²) in [5, 5.41) is 0. The van der Waals surface area contributed by atoms with Gasteiger partial charge in [-0.1, -0.05) is 20.3 Å². The number of esters is 1. The number of carbonyl (C=O) groups is 2. The van der Waals surface area contributed by atoms with Gasteiger partial charge in [0.25, 0.3) is 0 Å². The molecule has 2 aliphatic carbocycles. The Morgan fingerprint density at radius 2 is 1.96 bits per heavy atom. The first kappa shape index (κ1) is 21.6. The van der Waals surface area contributed by atoms with Gasteiger partial charge in [0.05, 0.1) is 0 Å². The van der Waals surface area contributed by atoms with Crippen LogP contribution in [-0.2, 0) is 18.8 Å². The number of aldehydes is 1. The summed E-state index contributed by atoms with van der Waals surface area (Å²) in [6.45, 7) is 13.2. The van der Waals surface area contributed by atoms with Gasteiger partial charge in [-0.25, -0.2) is 0 Å². The van der Waals surface area contributed by atoms with Crippen LogP contribution in [-0.4, -0.2) is 33.3 Å². The van der Waals surface area contributed by atoms with Crippen LogP contribution in [0.5, 0.6) is 0 Å². The number of ether oxygens (including phenoxy) is 1. The highest BCUT2D eigenvalue weighted by Crippen LogP contribution is 2.59. The second-order valence-electron chi connectivity index (χ2n) is 9.87. The first-order valence-electron chi connectivity index (χ1n) is 10.3. The van der Waals surface area contributed by atoms with E-state index < -0.39 is 8.32 Å². The largest absolute Gasteiger partial charge is 0.465 e. The highest BCUT2D eigenvalue weighted by Gasteiger charge is 2.53. The summed E-state index contributed by atoms with van der Waals surface area (Å²) in [7, 11) is -1.53. The topological polar surface area (TPSA) is 52.6 Å². The highest BCUT2D eigenvalue weighted by molar-refractivity contribution is 6.69. The van der Waals surface area contributed by atoms with E-state index >= 15 is 0 Å². The second kappa shape index (κ2) is 8.55. The SMILES string of the molecule is CC(=O)OC[C@H](C=O)C[C@@H](C)[C@H]1CCC2[C@@H](O[Si](C)(C)C)CCC[C@@]21C. The fraction of sp³-hybridized carbons (Fsp3) is 0.905. The maximum absolute atomic E-state index is 11.4. The van der Waals surface area contributed by atoms with Gasteiger partial charge in [0.15, 0.2) is 8.32 Å². The van der Waals surface area contributed by atoms with E-state index in [2.05, 4.69) is 33.5 Å². The van der Waals surface area contributed by atoms with Gasteiger partial charge in [0.1, 0.15) is 12.9 Å². The molecule has 0 aromatic carbocycles. The molecular formula is C21H38O4Si. The lowest BCUT2D eigenvalue weighted by atomic mass is 9.61. The van der Waals surface area contributed by atoms with Crippen LogP contribution in [0.2, 0.25) is 19.6 Å². The van der Waals surface area contributed by atoms with Crippen molar-refractivity contribution in [1.29, 1.82) is 0 Å². The quantitative estimate of drug-likeness (QED) is 0.343. The lowest BCUT2D eigenvalue weighted by Crippen LogP contribution is -2.46. The molecule has 4 nitrogen and oxygen atoms in total. The van der Waals surface area contributed by atoms with Crippen LogP contribution in [0, 0.1) is 29.1 Å². The van der Waals surface area contributed by atoms with Gasteiger partial charge in [-0.3, -0.25) is 4.79 Å². The van der Waals surface area contributed by atoms with E-state index in [-0.39, 0.29) is 18.5 Å². The minimum atomic E-state index is -1.53. The number of hydrogen-bond donors (Lipinski definition) is 0. The summed E-state index contributed by atoms with van der Waals surface area (Å²) in [5.74, 6) is 1.24. The Hall–Kier alpha value is -0.683. The molecule has 0 spiro atoms. The normalized spacial score (nSPS) is 34.0. The van der Waals surface area contributed by atoms with Gasteiger partial charge in [0, 0.05) is 18.9 Å². The maximum atomic E-state index is 11.4. The molecule has 26 heavy (non-hydrogen) atoms. The fourth-order valence-electron chi connectivity index (χ4n) is 5.72. The molecule has 1 unspecified atom stereocenters. The first-order valence-corrected chi connectivity index (χ1v) is 13.7. The van der Waals surface area contributed by atoms with Crippen LogP contribution >= 0.6 is 0 Å². The van der Waals surface area contributed by atoms with Crippen LogP contribution < -0.4 is 0 Å². The Kier molecular flexibility index (Phi) is 7.11. The number of fused-ring (bicyclic) bond motifs is 1. The summed E-state index contributed by atoms with van der Waals surface area (Å²) in [6, 6.07) is 0. The Labute approximate surface area is 160 Å². The molecule has 0 N–H and O–H groups in total. The standard InChI is InChI=1S/C21H38O4Si/c1-15(12-17(13-22)14-24-16(2)23)18-9-10-19-20(25-26(4,5)6)8-7-11-21(18,19)3/h13,15,17-20H,7-12,14H2,1-6H3/t15-,17+,18-,19?,20+,21-/m1/s1. The lowest BCUT2D eigenvalue weighted by molar-refractivity contribution is -0.143. The Morgan fingerprint density at radius 1 is 1.27 bits per heavy atom. The molecule has 0 aromatic rings. The molecule has 0 aliphatic heterocycles. The van der Waals surface area contributed by atoms with Gasteiger partial charge in [-0.2, -0.15) is 0 Å². The van der Waals surface area contributed by atoms with Crippen LogP contribution in [0.15, 0.2) is 0 Å². The van der Waals surface area contributed by atoms with Gasteiger partial charge in [0.2, 0.25) is 0 Å². The summed E-state index contributed by atoms with van der Waals surface area (Å²) in [6.07, 6.45) is 8.39. The second-order valence-corrected chi connectivity index (χ2v) is 14.3. The van der Waals surface area contributed by atoms with E-state index in [1.165, 1.54) is 39.0 Å². The molecule has 0 aromatic heterocycles. The molecule has 0 heterocycles. The molecule has 6 atom stereocenters. The van der Waals surface area contributed by atoms with E-state index in [0.29, 0.717) is 29.3 Å². The van der Waals surface area contributed by atoms with Crippen LogP contribution in [0.4, 0.5) is 0 Å². The zero-order valence-electron chi connectivity index (χ0n) is 17.5. The van der Waals surface area contributed by atoms with E-state index in [1.807, 2.05) is 0 Å². The maximum Gasteiger partial charge on any atom is 0.302 e. The molecule has 2 rings (SSSR count). The molecule has 2 fully saturated rings. The fourth-order valence-corrected chi connectivity index (χ4v) is 6.91. The molecule has 2 saturated carbocycles. The summed E-state index contributed by atoms with van der Waals surface area (Å²) >= 11 is 0. The van der Waals surface area contributed by atoms with Gasteiger partial charge < -0.3 is 14.0 Å². The zero-order chi connectivity index (χ0) is 19.5. The third-order valence-electron chi connectivity index (χ3n) is 6.70. The molecule has 0 radical (unpaired) electrons. The minimum absolute atomic E-state index is 0.186. The van der Waals surface area contributed by atoms with Crippen molar-refractivity contribution in [2.45, 2.75) is 85.0 Å². The van der Waals surface area contributed by atoms with Crippen molar-refractivity contribution in [2.75, 3.05) is 6.61 Å². The smallest absolute Gasteiger partial charge is 0.302 e. The van der Waals surface area contributed by atoms with Crippen molar-refractivity contribution < 1.29 is 18.8 Å². The van der Waals surface area contributed by atoms with Crippen molar-refractivity contribution >= 4 is 20.6 Å². The van der Waals surface area contributed by atoms with Crippen LogP contribution in [0.1, 0.15) is 59.3 Å². The molecule has 2 aliphatic rings. The van der Waals surface area contributed by atoms with Crippen molar-refractivity contribution in [3.05, 3.63) is 0 Å². The van der Waals surface area contributed by atoms with E-state index in [9.17, 15) is 9.59 Å². The first-order chi connectivity index (χ1) is 12.1. The highest BCUT2D eigenvalue weighted by atomic mass is 28.4. The molecule has 0 amide bonds. The average Bonchev–Trinajstić information content (AvgIpc) is 2.87. The van der Waals surface area contributed by atoms with Gasteiger partial charge >= 0.3 is 5.97 Å². The predicted octanol–water partition coefficient (Wildman–Crippen LogP) is 4.83. The van der Waals surface area contributed by atoms with E-state index in [1.54, 1.807) is 0 Å². The molecule has 150 valence electrons. The number of hydrogen-bond acceptors (Lipinski definition) is 4. The molecule has 0 bridgehead atoms. The van der Waals surface area contributed by atoms with Gasteiger partial charge in [-0.15, -0.1) is 0 Å². The summed E-state index contributed by atoms with van der Waals surface area (Å²) < 4.78 is 11.7. The zero-order valence-corrected chi connectivity index (χ0v) is 18.5. The van der Waals surface area contributed by atoms with E-state index in [4.69, 9.17) is 9.16 Å². The van der Waals surface area contributed by atoms with Crippen molar-refractivity contribution in [1.82, 2.24) is 0 Å². The minimum Gasteiger partial charge on any atom is -0.465 e. The van der Waals surface area contributed by atoms with Crippen LogP contribution in [0.25, 0.3) is 0 Å². The summed E-state index contributed by atoms with van der Waals surface area (Å²) in [4.78, 5) is 22.5. The lowest BCUT2D eigenvalue weighted by Gasteiger charge is -2.48. The Balaban J connectivity index is 2.04. The third-order valence-corrected chi connectivity index (χ3v) is 7.70. The van der Waals surface area contributed by atoms with Crippen LogP contribution in [0.3, 0.4) is 0 Å².